The van der Waals surface area contributed by atoms with E-state index in [9.17, 15) is 9.59 Å². The fraction of sp³-hybridized carbons (Fsp3) is 0.286. The molecule has 0 spiro atoms. The van der Waals surface area contributed by atoms with Crippen LogP contribution in [0.4, 0.5) is 5.69 Å². The molecule has 0 atom stereocenters. The molecule has 0 bridgehead atoms. The summed E-state index contributed by atoms with van der Waals surface area (Å²) in [5, 5.41) is 0.785. The summed E-state index contributed by atoms with van der Waals surface area (Å²) >= 11 is 1.33. The number of para-hydroxylation sites is 3. The Hall–Kier alpha value is -2.80. The molecular weight excluding hydrogens is 374 g/mol. The van der Waals surface area contributed by atoms with Crippen molar-refractivity contribution >= 4 is 40.4 Å². The monoisotopic (exact) mass is 397 g/mol. The molecule has 3 rings (SSSR count). The normalized spacial score (nSPS) is 10.8. The molecule has 0 fully saturated rings. The molecule has 28 heavy (non-hydrogen) atoms. The molecule has 0 unspecified atom stereocenters. The van der Waals surface area contributed by atoms with Gasteiger partial charge in [0.2, 0.25) is 0 Å². The van der Waals surface area contributed by atoms with Gasteiger partial charge in [-0.1, -0.05) is 49.0 Å². The molecule has 146 valence electrons. The lowest BCUT2D eigenvalue weighted by molar-refractivity contribution is -0.145. The van der Waals surface area contributed by atoms with Gasteiger partial charge in [0.25, 0.3) is 5.91 Å². The smallest absolute Gasteiger partial charge is 0.316 e. The summed E-state index contributed by atoms with van der Waals surface area (Å²) in [6.45, 7) is 2.65. The molecule has 2 aromatic carbocycles. The second kappa shape index (κ2) is 9.41. The number of aryl methyl sites for hydroxylation is 1. The summed E-state index contributed by atoms with van der Waals surface area (Å²) in [5.41, 5.74) is 2.72. The number of aromatic nitrogens is 2. The average molecular weight is 398 g/mol. The molecule has 6 nitrogen and oxygen atoms in total. The molecule has 0 saturated carbocycles. The topological polar surface area (TPSA) is 64.4 Å². The second-order valence-electron chi connectivity index (χ2n) is 6.27. The van der Waals surface area contributed by atoms with E-state index in [2.05, 4.69) is 16.5 Å². The highest BCUT2D eigenvalue weighted by Gasteiger charge is 2.16. The zero-order chi connectivity index (χ0) is 19.9. The van der Waals surface area contributed by atoms with Crippen molar-refractivity contribution in [2.24, 2.45) is 0 Å². The van der Waals surface area contributed by atoms with E-state index >= 15 is 0 Å². The summed E-state index contributed by atoms with van der Waals surface area (Å²) in [6.07, 6.45) is 0.971. The van der Waals surface area contributed by atoms with E-state index in [4.69, 9.17) is 4.74 Å². The van der Waals surface area contributed by atoms with Gasteiger partial charge >= 0.3 is 5.97 Å². The number of imidazole rings is 1. The van der Waals surface area contributed by atoms with Crippen molar-refractivity contribution in [1.82, 2.24) is 9.55 Å². The molecule has 0 aliphatic rings. The molecule has 3 aromatic rings. The van der Waals surface area contributed by atoms with E-state index in [0.717, 1.165) is 34.8 Å². The molecule has 1 aromatic heterocycles. The minimum Gasteiger partial charge on any atom is -0.455 e. The summed E-state index contributed by atoms with van der Waals surface area (Å²) < 4.78 is 7.27. The first-order chi connectivity index (χ1) is 13.6. The first-order valence-corrected chi connectivity index (χ1v) is 10.1. The number of benzene rings is 2. The Morgan fingerprint density at radius 1 is 1.11 bits per heavy atom. The number of esters is 1. The Bertz CT molecular complexity index is 956. The predicted molar refractivity (Wildman–Crippen MR) is 112 cm³/mol. The maximum atomic E-state index is 12.2. The Balaban J connectivity index is 1.55. The number of fused-ring (bicyclic) bond motifs is 1. The fourth-order valence-corrected chi connectivity index (χ4v) is 3.64. The Morgan fingerprint density at radius 2 is 1.82 bits per heavy atom. The maximum Gasteiger partial charge on any atom is 0.316 e. The number of anilines is 1. The number of hydrogen-bond donors (Lipinski definition) is 0. The van der Waals surface area contributed by atoms with Crippen LogP contribution in [0.5, 0.6) is 0 Å². The first kappa shape index (κ1) is 19.9. The lowest BCUT2D eigenvalue weighted by Gasteiger charge is -2.17. The zero-order valence-corrected chi connectivity index (χ0v) is 16.8. The van der Waals surface area contributed by atoms with Gasteiger partial charge in [-0.2, -0.15) is 0 Å². The minimum atomic E-state index is -0.435. The quantitative estimate of drug-likeness (QED) is 0.428. The van der Waals surface area contributed by atoms with Crippen LogP contribution in [0.15, 0.2) is 59.8 Å². The Kier molecular flexibility index (Phi) is 6.71. The number of amides is 1. The lowest BCUT2D eigenvalue weighted by atomic mass is 10.3. The zero-order valence-electron chi connectivity index (χ0n) is 16.0. The molecule has 0 aliphatic heterocycles. The summed E-state index contributed by atoms with van der Waals surface area (Å²) in [7, 11) is 1.66. The Morgan fingerprint density at radius 3 is 2.57 bits per heavy atom. The van der Waals surface area contributed by atoms with Crippen LogP contribution in [0.1, 0.15) is 13.3 Å². The van der Waals surface area contributed by atoms with Gasteiger partial charge in [0.15, 0.2) is 11.8 Å². The van der Waals surface area contributed by atoms with Gasteiger partial charge < -0.3 is 14.2 Å². The number of nitrogens with zero attached hydrogens (tertiary/aromatic N) is 3. The lowest BCUT2D eigenvalue weighted by Crippen LogP contribution is -2.31. The maximum absolute atomic E-state index is 12.2. The highest BCUT2D eigenvalue weighted by molar-refractivity contribution is 7.99. The largest absolute Gasteiger partial charge is 0.455 e. The fourth-order valence-electron chi connectivity index (χ4n) is 2.80. The molecular formula is C21H23N3O3S. The number of rotatable bonds is 8. The predicted octanol–water partition coefficient (Wildman–Crippen LogP) is 3.74. The molecule has 7 heteroatoms. The van der Waals surface area contributed by atoms with Gasteiger partial charge in [0.1, 0.15) is 0 Å². The molecule has 1 amide bonds. The van der Waals surface area contributed by atoms with Crippen molar-refractivity contribution in [2.75, 3.05) is 24.3 Å². The van der Waals surface area contributed by atoms with Crippen LogP contribution in [0, 0.1) is 0 Å². The second-order valence-corrected chi connectivity index (χ2v) is 7.21. The number of carbonyl (C=O) groups excluding carboxylic acids is 2. The van der Waals surface area contributed by atoms with Crippen molar-refractivity contribution < 1.29 is 14.3 Å². The molecule has 0 saturated heterocycles. The van der Waals surface area contributed by atoms with E-state index in [1.807, 2.05) is 54.6 Å². The standard InChI is InChI=1S/C21H23N3O3S/c1-3-13-24-18-12-8-7-11-17(18)22-21(24)28-15-20(26)27-14-19(25)23(2)16-9-5-4-6-10-16/h4-12H,3,13-15H2,1-2H3. The van der Waals surface area contributed by atoms with Gasteiger partial charge in [-0.15, -0.1) is 0 Å². The SMILES string of the molecule is CCCn1c(SCC(=O)OCC(=O)N(C)c2ccccc2)nc2ccccc21. The third-order valence-corrected chi connectivity index (χ3v) is 5.21. The van der Waals surface area contributed by atoms with Gasteiger partial charge in [-0.3, -0.25) is 9.59 Å². The van der Waals surface area contributed by atoms with Crippen LogP contribution in [0.3, 0.4) is 0 Å². The van der Waals surface area contributed by atoms with E-state index in [1.54, 1.807) is 7.05 Å². The van der Waals surface area contributed by atoms with Crippen molar-refractivity contribution in [1.29, 1.82) is 0 Å². The summed E-state index contributed by atoms with van der Waals surface area (Å²) in [6, 6.07) is 17.2. The highest BCUT2D eigenvalue weighted by atomic mass is 32.2. The van der Waals surface area contributed by atoms with E-state index < -0.39 is 5.97 Å². The number of carbonyl (C=O) groups is 2. The van der Waals surface area contributed by atoms with Gasteiger partial charge in [-0.05, 0) is 30.7 Å². The molecule has 0 radical (unpaired) electrons. The molecule has 0 N–H and O–H groups in total. The van der Waals surface area contributed by atoms with Crippen LogP contribution >= 0.6 is 11.8 Å². The van der Waals surface area contributed by atoms with Crippen LogP contribution in [-0.2, 0) is 20.9 Å². The highest BCUT2D eigenvalue weighted by Crippen LogP contribution is 2.24. The molecule has 1 heterocycles. The van der Waals surface area contributed by atoms with Crippen molar-refractivity contribution in [3.05, 3.63) is 54.6 Å². The van der Waals surface area contributed by atoms with Crippen LogP contribution < -0.4 is 4.90 Å². The number of thioether (sulfide) groups is 1. The summed E-state index contributed by atoms with van der Waals surface area (Å²) in [5.74, 6) is -0.604. The Labute approximate surface area is 168 Å². The van der Waals surface area contributed by atoms with Gasteiger partial charge in [0.05, 0.1) is 16.8 Å². The third-order valence-electron chi connectivity index (χ3n) is 4.26. The number of likely N-dealkylation sites (N-methyl/N-ethyl adjacent to an activating group) is 1. The van der Waals surface area contributed by atoms with Crippen LogP contribution in [0.2, 0.25) is 0 Å². The van der Waals surface area contributed by atoms with E-state index in [-0.39, 0.29) is 18.3 Å². The molecule has 0 aliphatic carbocycles. The number of ether oxygens (including phenoxy) is 1. The number of hydrogen-bond acceptors (Lipinski definition) is 5. The van der Waals surface area contributed by atoms with Gasteiger partial charge in [0, 0.05) is 19.3 Å². The van der Waals surface area contributed by atoms with E-state index in [1.165, 1.54) is 16.7 Å². The first-order valence-electron chi connectivity index (χ1n) is 9.15. The van der Waals surface area contributed by atoms with Crippen molar-refractivity contribution in [3.8, 4) is 0 Å². The van der Waals surface area contributed by atoms with E-state index in [0.29, 0.717) is 0 Å². The van der Waals surface area contributed by atoms with Crippen LogP contribution in [0.25, 0.3) is 11.0 Å². The third kappa shape index (κ3) is 4.72. The van der Waals surface area contributed by atoms with Crippen molar-refractivity contribution in [2.45, 2.75) is 25.0 Å². The van der Waals surface area contributed by atoms with Crippen molar-refractivity contribution in [3.63, 3.8) is 0 Å². The van der Waals surface area contributed by atoms with Crippen LogP contribution in [-0.4, -0.2) is 40.8 Å². The minimum absolute atomic E-state index is 0.107. The summed E-state index contributed by atoms with van der Waals surface area (Å²) in [4.78, 5) is 30.4. The average Bonchev–Trinajstić information content (AvgIpc) is 3.08. The van der Waals surface area contributed by atoms with Gasteiger partial charge in [-0.25, -0.2) is 4.98 Å².